The van der Waals surface area contributed by atoms with Crippen LogP contribution in [-0.4, -0.2) is 23.0 Å². The molecule has 0 fully saturated rings. The lowest BCUT2D eigenvalue weighted by Gasteiger charge is -2.46. The van der Waals surface area contributed by atoms with E-state index in [1.165, 1.54) is 0 Å². The lowest BCUT2D eigenvalue weighted by atomic mass is 9.12. The maximum Gasteiger partial charge on any atom is 0.416 e. The van der Waals surface area contributed by atoms with Crippen molar-refractivity contribution >= 4 is 39.7 Å². The molecule has 4 nitrogen and oxygen atoms in total. The number of rotatable bonds is 9. The Hall–Kier alpha value is -7.23. The molecule has 0 aliphatic rings. The summed E-state index contributed by atoms with van der Waals surface area (Å²) in [4.78, 5) is 22.5. The number of carbonyl (C=O) groups excluding carboxylic acids is 1. The number of ketones is 1. The molecule has 1 heterocycles. The molecule has 76 heavy (non-hydrogen) atoms. The number of alkyl halides is 24. The van der Waals surface area contributed by atoms with Crippen LogP contribution in [-0.2, 0) is 60.7 Å². The van der Waals surface area contributed by atoms with Crippen molar-refractivity contribution in [3.63, 3.8) is 0 Å². The van der Waals surface area contributed by atoms with Crippen LogP contribution in [0.15, 0.2) is 128 Å². The van der Waals surface area contributed by atoms with Crippen LogP contribution in [0, 0.1) is 0 Å². The lowest BCUT2D eigenvalue weighted by Crippen LogP contribution is -2.75. The van der Waals surface area contributed by atoms with Crippen LogP contribution in [0.1, 0.15) is 67.0 Å². The largest absolute Gasteiger partial charge is 0.481 e. The maximum absolute atomic E-state index is 14.2. The summed E-state index contributed by atoms with van der Waals surface area (Å²) in [5, 5.41) is 8.70. The third-order valence-corrected chi connectivity index (χ3v) is 11.2. The minimum atomic E-state index is -6.13. The summed E-state index contributed by atoms with van der Waals surface area (Å²) in [5.74, 6) is -1.50. The minimum absolute atomic E-state index is 0.385. The minimum Gasteiger partial charge on any atom is -0.481 e. The van der Waals surface area contributed by atoms with E-state index in [1.807, 2.05) is 36.4 Å². The number of carboxylic acids is 1. The van der Waals surface area contributed by atoms with E-state index in [0.717, 1.165) is 5.56 Å². The molecule has 0 spiro atoms. The highest BCUT2D eigenvalue weighted by atomic mass is 19.4. The third kappa shape index (κ3) is 14.0. The number of hydrogen-bond donors (Lipinski definition) is 1. The Balaban J connectivity index is 0.000000468. The molecule has 29 heteroatoms. The van der Waals surface area contributed by atoms with Gasteiger partial charge in [-0.15, -0.1) is 0 Å². The molecule has 408 valence electrons. The van der Waals surface area contributed by atoms with Crippen molar-refractivity contribution in [1.29, 1.82) is 0 Å². The second kappa shape index (κ2) is 20.7. The van der Waals surface area contributed by atoms with Gasteiger partial charge in [-0.3, -0.25) is 9.59 Å². The molecule has 5 aromatic carbocycles. The fraction of sp³-hybridized carbons (Fsp3) is 0.213. The molecule has 1 N–H and O–H groups in total. The highest BCUT2D eigenvalue weighted by Crippen LogP contribution is 2.41. The standard InChI is InChI=1S/C32H12BF24.C15H13NO3/c34-25(35,36)13-1-14(26(37,38)39)6-21(5-13)33(22-7-15(27(40,41)42)2-16(8-22)28(43,44)45,23-9-17(29(46,47)48)3-18(10-23)30(49,50)51)24-11-19(31(52,53)54)4-20(12-24)32(55,56)57;17-14(10-15(18)19)13-8-4-5-9-16(13)11-12-6-2-1-3-7-12/h1-12H;1-9H,10-11H2/q-1;/p+1. The van der Waals surface area contributed by atoms with Gasteiger partial charge < -0.3 is 5.11 Å². The summed E-state index contributed by atoms with van der Waals surface area (Å²) in [5.41, 5.74) is -28.7. The molecule has 0 aliphatic carbocycles. The number of Topliss-reactive ketones (excluding diaryl/α,β-unsaturated/α-hetero) is 1. The van der Waals surface area contributed by atoms with Gasteiger partial charge >= 0.3 is 55.4 Å². The van der Waals surface area contributed by atoms with Crippen LogP contribution in [0.25, 0.3) is 0 Å². The summed E-state index contributed by atoms with van der Waals surface area (Å²) in [6, 6.07) is 6.10. The van der Waals surface area contributed by atoms with E-state index < -0.39 is 207 Å². The van der Waals surface area contributed by atoms with E-state index in [0.29, 0.717) is 12.2 Å². The number of aromatic nitrogens is 1. The number of pyridine rings is 1. The zero-order chi connectivity index (χ0) is 57.6. The van der Waals surface area contributed by atoms with Gasteiger partial charge in [-0.05, 0) is 30.3 Å². The summed E-state index contributed by atoms with van der Waals surface area (Å²) >= 11 is 0. The summed E-state index contributed by atoms with van der Waals surface area (Å²) in [6.45, 7) is 0.544. The van der Waals surface area contributed by atoms with Gasteiger partial charge in [-0.2, -0.15) is 132 Å². The van der Waals surface area contributed by atoms with E-state index in [9.17, 15) is 115 Å². The highest BCUT2D eigenvalue weighted by molar-refractivity contribution is 7.20. The fourth-order valence-corrected chi connectivity index (χ4v) is 7.95. The van der Waals surface area contributed by atoms with Crippen LogP contribution in [0.4, 0.5) is 105 Å². The van der Waals surface area contributed by atoms with E-state index in [-0.39, 0.29) is 5.78 Å². The Morgan fingerprint density at radius 1 is 0.368 bits per heavy atom. The molecular weight excluding hydrogens is 1090 g/mol. The van der Waals surface area contributed by atoms with Gasteiger partial charge in [0.15, 0.2) is 12.7 Å². The SMILES string of the molecule is FC(F)(F)c1cc([B-](c2cc(C(F)(F)F)cc(C(F)(F)F)c2)(c2cc(C(F)(F)F)cc(C(F)(F)F)c2)c2cc(C(F)(F)F)cc(C(F)(F)F)c2)cc(C(F)(F)F)c1.O=C(O)CC(=O)c1cccc[n+]1Cc1ccccc1. The van der Waals surface area contributed by atoms with E-state index >= 15 is 0 Å². The molecule has 0 saturated carbocycles. The van der Waals surface area contributed by atoms with Crippen LogP contribution in [0.2, 0.25) is 0 Å². The second-order valence-corrected chi connectivity index (χ2v) is 16.4. The molecule has 0 amide bonds. The van der Waals surface area contributed by atoms with Crippen LogP contribution in [0.5, 0.6) is 0 Å². The first-order valence-corrected chi connectivity index (χ1v) is 20.6. The molecular formula is C47H26BF24NO3. The number of aliphatic carboxylic acids is 1. The molecule has 6 aromatic rings. The monoisotopic (exact) mass is 1120 g/mol. The Kier molecular flexibility index (Phi) is 16.3. The van der Waals surface area contributed by atoms with Gasteiger partial charge in [-0.1, -0.05) is 78.9 Å². The van der Waals surface area contributed by atoms with E-state index in [2.05, 4.69) is 0 Å². The maximum atomic E-state index is 14.2. The molecule has 0 radical (unpaired) electrons. The fourth-order valence-electron chi connectivity index (χ4n) is 7.95. The Morgan fingerprint density at radius 3 is 0.855 bits per heavy atom. The van der Waals surface area contributed by atoms with Gasteiger partial charge in [0.2, 0.25) is 11.5 Å². The predicted octanol–water partition coefficient (Wildman–Crippen LogP) is 12.9. The third-order valence-electron chi connectivity index (χ3n) is 11.2. The summed E-state index contributed by atoms with van der Waals surface area (Å²) in [7, 11) is 0. The molecule has 6 rings (SSSR count). The van der Waals surface area contributed by atoms with Crippen molar-refractivity contribution in [2.24, 2.45) is 0 Å². The van der Waals surface area contributed by atoms with Crippen LogP contribution >= 0.6 is 0 Å². The van der Waals surface area contributed by atoms with Crippen molar-refractivity contribution in [3.05, 3.63) is 183 Å². The number of carboxylic acid groups (broad SMARTS) is 1. The number of benzene rings is 5. The average Bonchev–Trinajstić information content (AvgIpc) is 3.27. The highest BCUT2D eigenvalue weighted by Gasteiger charge is 2.47. The van der Waals surface area contributed by atoms with Crippen LogP contribution < -0.4 is 26.4 Å². The Labute approximate surface area is 409 Å². The molecule has 0 unspecified atom stereocenters. The van der Waals surface area contributed by atoms with Crippen molar-refractivity contribution in [2.45, 2.75) is 62.4 Å². The first-order valence-electron chi connectivity index (χ1n) is 20.6. The zero-order valence-electron chi connectivity index (χ0n) is 36.9. The molecule has 0 atom stereocenters. The smallest absolute Gasteiger partial charge is 0.416 e. The van der Waals surface area contributed by atoms with Gasteiger partial charge in [0.1, 0.15) is 12.6 Å². The van der Waals surface area contributed by atoms with Gasteiger partial charge in [0.25, 0.3) is 0 Å². The first-order chi connectivity index (χ1) is 34.4. The van der Waals surface area contributed by atoms with E-state index in [4.69, 9.17) is 5.11 Å². The normalized spacial score (nSPS) is 13.3. The van der Waals surface area contributed by atoms with Crippen molar-refractivity contribution in [1.82, 2.24) is 0 Å². The quantitative estimate of drug-likeness (QED) is 0.0516. The molecule has 0 saturated heterocycles. The second-order valence-electron chi connectivity index (χ2n) is 16.4. The molecule has 0 aliphatic heterocycles. The van der Waals surface area contributed by atoms with Crippen molar-refractivity contribution in [2.75, 3.05) is 0 Å². The number of hydrogen-bond acceptors (Lipinski definition) is 2. The Morgan fingerprint density at radius 2 is 0.618 bits per heavy atom. The van der Waals surface area contributed by atoms with E-state index in [1.54, 1.807) is 22.9 Å². The lowest BCUT2D eigenvalue weighted by molar-refractivity contribution is -0.690. The van der Waals surface area contributed by atoms with Crippen LogP contribution in [0.3, 0.4) is 0 Å². The predicted molar refractivity (Wildman–Crippen MR) is 219 cm³/mol. The van der Waals surface area contributed by atoms with Gasteiger partial charge in [0, 0.05) is 17.7 Å². The molecule has 1 aromatic heterocycles. The Bertz CT molecular complexity index is 2650. The van der Waals surface area contributed by atoms with Crippen molar-refractivity contribution < 1.29 is 125 Å². The summed E-state index contributed by atoms with van der Waals surface area (Å²) < 4.78 is 343. The number of carbonyl (C=O) groups is 2. The number of nitrogens with zero attached hydrogens (tertiary/aromatic N) is 1. The topological polar surface area (TPSA) is 58.2 Å². The van der Waals surface area contributed by atoms with Gasteiger partial charge in [0.05, 0.1) is 44.5 Å². The zero-order valence-corrected chi connectivity index (χ0v) is 36.9. The summed E-state index contributed by atoms with van der Waals surface area (Å²) in [6.07, 6.45) is -53.5. The van der Waals surface area contributed by atoms with Gasteiger partial charge in [-0.25, -0.2) is 0 Å². The van der Waals surface area contributed by atoms with Crippen molar-refractivity contribution in [3.8, 4) is 0 Å². The average molecular weight is 1120 g/mol. The first kappa shape index (κ1) is 59.6. The number of halogens is 24. The molecule has 0 bridgehead atoms.